The zero-order valence-electron chi connectivity index (χ0n) is 7.01. The summed E-state index contributed by atoms with van der Waals surface area (Å²) in [6, 6.07) is 1.57. The molecule has 0 atom stereocenters. The molecule has 0 aromatic heterocycles. The van der Waals surface area contributed by atoms with Crippen molar-refractivity contribution < 1.29 is 4.65 Å². The van der Waals surface area contributed by atoms with Gasteiger partial charge in [0.1, 0.15) is 0 Å². The van der Waals surface area contributed by atoms with Crippen molar-refractivity contribution in [2.45, 2.75) is 0 Å². The first-order valence-electron chi connectivity index (χ1n) is 3.55. The van der Waals surface area contributed by atoms with E-state index in [-0.39, 0.29) is 0 Å². The summed E-state index contributed by atoms with van der Waals surface area (Å²) in [5.74, 6) is 0. The van der Waals surface area contributed by atoms with E-state index in [4.69, 9.17) is 4.65 Å². The van der Waals surface area contributed by atoms with E-state index in [1.807, 2.05) is 40.2 Å². The Bertz CT molecular complexity index is 217. The molecule has 0 aliphatic heterocycles. The third-order valence-corrected chi connectivity index (χ3v) is 1.12. The second-order valence-corrected chi connectivity index (χ2v) is 2.13. The van der Waals surface area contributed by atoms with Gasteiger partial charge in [-0.25, -0.2) is 0 Å². The number of hydrogen-bond donors (Lipinski definition) is 0. The molecule has 0 rings (SSSR count). The van der Waals surface area contributed by atoms with Crippen LogP contribution >= 0.6 is 12.1 Å². The maximum absolute atomic E-state index is 4.70. The Morgan fingerprint density at radius 3 is 1.83 bits per heavy atom. The minimum atomic E-state index is 1.57. The van der Waals surface area contributed by atoms with Crippen LogP contribution in [0, 0.1) is 0 Å². The Morgan fingerprint density at radius 1 is 0.833 bits per heavy atom. The van der Waals surface area contributed by atoms with Crippen molar-refractivity contribution in [1.82, 2.24) is 0 Å². The molecule has 0 radical (unpaired) electrons. The van der Waals surface area contributed by atoms with Crippen LogP contribution in [0.25, 0.3) is 0 Å². The standard InChI is InChI=1S/CH3B9OS/c1-11-9-7-5-3-2-4-6-8-10-12/h1H3. The summed E-state index contributed by atoms with van der Waals surface area (Å²) < 4.78 is 4.70. The van der Waals surface area contributed by atoms with Crippen LogP contribution < -0.4 is 0 Å². The first-order valence-corrected chi connectivity index (χ1v) is 4.02. The van der Waals surface area contributed by atoms with Gasteiger partial charge in [-0.15, -0.1) is 0 Å². The van der Waals surface area contributed by atoms with Crippen LogP contribution in [0.5, 0.6) is 0 Å². The van der Waals surface area contributed by atoms with Gasteiger partial charge in [-0.3, -0.25) is 0 Å². The van der Waals surface area contributed by atoms with E-state index in [0.717, 1.165) is 0 Å². The summed E-state index contributed by atoms with van der Waals surface area (Å²) in [6.45, 7) is 13.1. The second kappa shape index (κ2) is 11.6. The van der Waals surface area contributed by atoms with Gasteiger partial charge in [0.25, 0.3) is 0 Å². The molecule has 0 spiro atoms. The molecular formula is CH3B9OS. The van der Waals surface area contributed by atoms with Crippen molar-refractivity contribution in [2.75, 3.05) is 7.11 Å². The second-order valence-electron chi connectivity index (χ2n) is 1.86. The normalized spacial score (nSPS) is 6.75. The van der Waals surface area contributed by atoms with Gasteiger partial charge < -0.3 is 0 Å². The quantitative estimate of drug-likeness (QED) is 0.406. The fourth-order valence-electron chi connectivity index (χ4n) is 0.490. The fraction of sp³-hybridized carbons (Fsp3) is 1.00. The fourth-order valence-corrected chi connectivity index (χ4v) is 0.581. The van der Waals surface area contributed by atoms with Gasteiger partial charge in [0.2, 0.25) is 0 Å². The molecule has 1 nitrogen and oxygen atoms in total. The summed E-state index contributed by atoms with van der Waals surface area (Å²) >= 11 is 4.60. The molecule has 0 aromatic rings. The third-order valence-electron chi connectivity index (χ3n) is 0.960. The molecule has 0 fully saturated rings. The number of hydrogen-bond acceptors (Lipinski definition) is 2. The first-order chi connectivity index (χ1) is 5.91. The molecule has 0 unspecified atom stereocenters. The SMILES string of the molecule is COB=BB=BB=BB=BB=S. The first kappa shape index (κ1) is 12.6. The maximum atomic E-state index is 4.70. The van der Waals surface area contributed by atoms with E-state index in [2.05, 4.69) is 12.1 Å². The Balaban J connectivity index is 3.58. The van der Waals surface area contributed by atoms with Crippen LogP contribution in [-0.4, -0.2) is 67.0 Å². The van der Waals surface area contributed by atoms with E-state index in [0.29, 0.717) is 0 Å². The molecule has 0 amide bonds. The molecule has 46 valence electrons. The van der Waals surface area contributed by atoms with Crippen molar-refractivity contribution in [3.63, 3.8) is 0 Å². The summed E-state index contributed by atoms with van der Waals surface area (Å²) in [4.78, 5) is 0. The average molecular weight is 160 g/mol. The van der Waals surface area contributed by atoms with E-state index >= 15 is 0 Å². The van der Waals surface area contributed by atoms with Crippen LogP contribution in [0.1, 0.15) is 0 Å². The summed E-state index contributed by atoms with van der Waals surface area (Å²) in [5.41, 5.74) is 0. The molecule has 0 aliphatic rings. The van der Waals surface area contributed by atoms with Crippen LogP contribution in [0.4, 0.5) is 0 Å². The Hall–Kier alpha value is 0.604. The predicted molar refractivity (Wildman–Crippen MR) is 66.4 cm³/mol. The van der Waals surface area contributed by atoms with Crippen molar-refractivity contribution in [3.8, 4) is 0 Å². The van der Waals surface area contributed by atoms with E-state index in [9.17, 15) is 0 Å². The van der Waals surface area contributed by atoms with Gasteiger partial charge in [-0.05, 0) is 0 Å². The molecule has 0 saturated carbocycles. The molecule has 11 heteroatoms. The van der Waals surface area contributed by atoms with Crippen LogP contribution in [0.15, 0.2) is 0 Å². The monoisotopic (exact) mass is 162 g/mol. The van der Waals surface area contributed by atoms with Gasteiger partial charge in [-0.2, -0.15) is 0 Å². The zero-order valence-corrected chi connectivity index (χ0v) is 7.83. The molecule has 12 heavy (non-hydrogen) atoms. The van der Waals surface area contributed by atoms with Gasteiger partial charge in [0.15, 0.2) is 0 Å². The Morgan fingerprint density at radius 2 is 1.33 bits per heavy atom. The Kier molecular flexibility index (Phi) is 12.2. The number of rotatable bonds is 5. The van der Waals surface area contributed by atoms with Crippen molar-refractivity contribution >= 4 is 72.0 Å². The van der Waals surface area contributed by atoms with Crippen LogP contribution in [0.2, 0.25) is 0 Å². The summed E-state index contributed by atoms with van der Waals surface area (Å²) in [5, 5.41) is 0. The Labute approximate surface area is 83.9 Å². The van der Waals surface area contributed by atoms with E-state index in [1.165, 1.54) is 0 Å². The van der Waals surface area contributed by atoms with Gasteiger partial charge in [0.05, 0.1) is 0 Å². The van der Waals surface area contributed by atoms with E-state index in [1.54, 1.807) is 26.9 Å². The van der Waals surface area contributed by atoms with E-state index < -0.39 is 0 Å². The molecule has 0 saturated heterocycles. The van der Waals surface area contributed by atoms with Gasteiger partial charge >= 0.3 is 83.7 Å². The topological polar surface area (TPSA) is 9.23 Å². The van der Waals surface area contributed by atoms with Gasteiger partial charge in [-0.1, -0.05) is 0 Å². The zero-order chi connectivity index (χ0) is 9.07. The van der Waals surface area contributed by atoms with Crippen LogP contribution in [0.3, 0.4) is 0 Å². The molecule has 0 aliphatic carbocycles. The summed E-state index contributed by atoms with van der Waals surface area (Å²) in [6.07, 6.45) is 0. The molecule has 0 aromatic carbocycles. The third kappa shape index (κ3) is 10.6. The molecule has 0 heterocycles. The predicted octanol–water partition coefficient (Wildman–Crippen LogP) is -2.68. The van der Waals surface area contributed by atoms with Crippen molar-refractivity contribution in [1.29, 1.82) is 0 Å². The van der Waals surface area contributed by atoms with Crippen molar-refractivity contribution in [3.05, 3.63) is 0 Å². The average Bonchev–Trinajstić information content (AvgIpc) is 2.10. The van der Waals surface area contributed by atoms with Crippen molar-refractivity contribution in [2.24, 2.45) is 0 Å². The molecule has 0 N–H and O–H groups in total. The van der Waals surface area contributed by atoms with Crippen LogP contribution in [-0.2, 0) is 4.65 Å². The minimum absolute atomic E-state index is 1.57. The van der Waals surface area contributed by atoms with Gasteiger partial charge in [0, 0.05) is 0 Å². The molecular weight excluding hydrogens is 157 g/mol. The molecule has 0 bridgehead atoms. The summed E-state index contributed by atoms with van der Waals surface area (Å²) in [7, 11) is 3.22.